The van der Waals surface area contributed by atoms with E-state index >= 15 is 0 Å². The van der Waals surface area contributed by atoms with E-state index in [1.165, 1.54) is 22.3 Å². The minimum atomic E-state index is -0.127. The topological polar surface area (TPSA) is 77.8 Å². The van der Waals surface area contributed by atoms with Gasteiger partial charge in [0, 0.05) is 67.2 Å². The molecule has 0 unspecified atom stereocenters. The Morgan fingerprint density at radius 2 is 0.862 bits per heavy atom. The summed E-state index contributed by atoms with van der Waals surface area (Å²) in [5, 5.41) is 4.28. The second-order valence-corrected chi connectivity index (χ2v) is 17.4. The molecular formula is C59H38N4O2. The van der Waals surface area contributed by atoms with Crippen LogP contribution in [-0.2, 0) is 5.41 Å². The quantitative estimate of drug-likeness (QED) is 0.166. The normalized spacial score (nSPS) is 12.9. The highest BCUT2D eigenvalue weighted by Crippen LogP contribution is 2.50. The summed E-state index contributed by atoms with van der Waals surface area (Å²) < 4.78 is 13.3. The molecule has 306 valence electrons. The Labute approximate surface area is 374 Å². The SMILES string of the molecule is CC1(C)c2ccccc2-c2cc(-c3nc(-c4ccc(-c5cccnc5)cc4)nc(-c4cc(-c5cccc6c5oc5ccccc56)cc(-c5cccc6c5oc5ccccc56)c4)n3)ccc21. The molecule has 0 saturated heterocycles. The fourth-order valence-electron chi connectivity index (χ4n) is 9.98. The number of nitrogens with zero attached hydrogens (tertiary/aromatic N) is 4. The summed E-state index contributed by atoms with van der Waals surface area (Å²) in [6, 6.07) is 63.5. The lowest BCUT2D eigenvalue weighted by atomic mass is 9.82. The molecule has 12 aromatic rings. The summed E-state index contributed by atoms with van der Waals surface area (Å²) in [5.41, 5.74) is 16.9. The van der Waals surface area contributed by atoms with Crippen LogP contribution in [0.5, 0.6) is 0 Å². The van der Waals surface area contributed by atoms with Gasteiger partial charge in [0.05, 0.1) is 0 Å². The number of furan rings is 2. The summed E-state index contributed by atoms with van der Waals surface area (Å²) in [6.07, 6.45) is 3.67. The van der Waals surface area contributed by atoms with Crippen molar-refractivity contribution in [2.45, 2.75) is 19.3 Å². The lowest BCUT2D eigenvalue weighted by molar-refractivity contribution is 0.660. The third-order valence-corrected chi connectivity index (χ3v) is 13.2. The van der Waals surface area contributed by atoms with Crippen LogP contribution in [-0.4, -0.2) is 19.9 Å². The minimum Gasteiger partial charge on any atom is -0.455 e. The molecular weight excluding hydrogens is 797 g/mol. The molecule has 0 fully saturated rings. The minimum absolute atomic E-state index is 0.127. The molecule has 4 heterocycles. The van der Waals surface area contributed by atoms with Gasteiger partial charge in [-0.05, 0) is 87.0 Å². The standard InChI is InChI=1S/C59H38N4O2/c1-59(2)50-20-6-3-13-44(50)49-33-37(27-28-51(49)59)57-61-56(36-25-23-35(24-26-36)38-12-11-29-60-34-38)62-58(63-57)41-31-39(42-16-9-18-47-45-14-4-7-21-52(45)64-54(42)47)30-40(32-41)43-17-10-19-48-46-15-5-8-22-53(46)65-55(43)48/h3-34H,1-2H3. The Kier molecular flexibility index (Phi) is 8.15. The fraction of sp³-hybridized carbons (Fsp3) is 0.0508. The number of hydrogen-bond acceptors (Lipinski definition) is 6. The van der Waals surface area contributed by atoms with Crippen LogP contribution in [0.25, 0.3) is 123 Å². The number of aromatic nitrogens is 4. The summed E-state index contributed by atoms with van der Waals surface area (Å²) in [5.74, 6) is 1.73. The number of hydrogen-bond donors (Lipinski definition) is 0. The smallest absolute Gasteiger partial charge is 0.164 e. The van der Waals surface area contributed by atoms with Crippen molar-refractivity contribution in [2.24, 2.45) is 0 Å². The summed E-state index contributed by atoms with van der Waals surface area (Å²) in [4.78, 5) is 20.3. The van der Waals surface area contributed by atoms with Gasteiger partial charge in [-0.1, -0.05) is 153 Å². The summed E-state index contributed by atoms with van der Waals surface area (Å²) >= 11 is 0. The van der Waals surface area contributed by atoms with Crippen LogP contribution in [0.1, 0.15) is 25.0 Å². The van der Waals surface area contributed by atoms with Gasteiger partial charge >= 0.3 is 0 Å². The highest BCUT2D eigenvalue weighted by molar-refractivity contribution is 6.11. The van der Waals surface area contributed by atoms with Gasteiger partial charge in [-0.25, -0.2) is 15.0 Å². The first-order valence-corrected chi connectivity index (χ1v) is 21.9. The molecule has 0 bridgehead atoms. The zero-order chi connectivity index (χ0) is 43.2. The van der Waals surface area contributed by atoms with E-state index in [9.17, 15) is 0 Å². The third kappa shape index (κ3) is 5.95. The van der Waals surface area contributed by atoms with Crippen molar-refractivity contribution in [3.05, 3.63) is 206 Å². The van der Waals surface area contributed by atoms with Crippen molar-refractivity contribution >= 4 is 43.9 Å². The van der Waals surface area contributed by atoms with Gasteiger partial charge in [-0.15, -0.1) is 0 Å². The van der Waals surface area contributed by atoms with Crippen LogP contribution in [0, 0.1) is 0 Å². The molecule has 13 rings (SSSR count). The highest BCUT2D eigenvalue weighted by atomic mass is 16.3. The first kappa shape index (κ1) is 37.1. The van der Waals surface area contributed by atoms with Gasteiger partial charge in [-0.2, -0.15) is 0 Å². The van der Waals surface area contributed by atoms with Crippen molar-refractivity contribution in [1.82, 2.24) is 19.9 Å². The first-order chi connectivity index (χ1) is 31.9. The maximum atomic E-state index is 6.65. The number of rotatable bonds is 6. The highest BCUT2D eigenvalue weighted by Gasteiger charge is 2.35. The molecule has 4 aromatic heterocycles. The average molecular weight is 835 g/mol. The second-order valence-electron chi connectivity index (χ2n) is 17.4. The van der Waals surface area contributed by atoms with Crippen molar-refractivity contribution < 1.29 is 8.83 Å². The monoisotopic (exact) mass is 834 g/mol. The maximum absolute atomic E-state index is 6.65. The molecule has 0 radical (unpaired) electrons. The van der Waals surface area contributed by atoms with Crippen LogP contribution < -0.4 is 0 Å². The van der Waals surface area contributed by atoms with Crippen molar-refractivity contribution in [2.75, 3.05) is 0 Å². The second kappa shape index (κ2) is 14.3. The van der Waals surface area contributed by atoms with E-state index in [1.807, 2.05) is 36.5 Å². The number of pyridine rings is 1. The van der Waals surface area contributed by atoms with E-state index in [0.717, 1.165) is 93.9 Å². The molecule has 0 amide bonds. The number of fused-ring (bicyclic) bond motifs is 9. The maximum Gasteiger partial charge on any atom is 0.164 e. The number of para-hydroxylation sites is 4. The van der Waals surface area contributed by atoms with Gasteiger partial charge in [0.1, 0.15) is 22.3 Å². The molecule has 0 aliphatic heterocycles. The van der Waals surface area contributed by atoms with E-state index in [-0.39, 0.29) is 5.41 Å². The van der Waals surface area contributed by atoms with Crippen LogP contribution in [0.15, 0.2) is 203 Å². The Morgan fingerprint density at radius 3 is 1.51 bits per heavy atom. The Morgan fingerprint density at radius 1 is 0.354 bits per heavy atom. The van der Waals surface area contributed by atoms with E-state index in [1.54, 1.807) is 6.20 Å². The van der Waals surface area contributed by atoms with Crippen LogP contribution in [0.4, 0.5) is 0 Å². The average Bonchev–Trinajstić information content (AvgIpc) is 4.01. The predicted molar refractivity (Wildman–Crippen MR) is 262 cm³/mol. The molecule has 6 heteroatoms. The van der Waals surface area contributed by atoms with Crippen LogP contribution in [0.2, 0.25) is 0 Å². The Hall–Kier alpha value is -8.48. The molecule has 0 spiro atoms. The largest absolute Gasteiger partial charge is 0.455 e. The summed E-state index contributed by atoms with van der Waals surface area (Å²) in [7, 11) is 0. The first-order valence-electron chi connectivity index (χ1n) is 21.9. The molecule has 6 nitrogen and oxygen atoms in total. The zero-order valence-electron chi connectivity index (χ0n) is 35.6. The third-order valence-electron chi connectivity index (χ3n) is 13.2. The zero-order valence-corrected chi connectivity index (χ0v) is 35.6. The summed E-state index contributed by atoms with van der Waals surface area (Å²) in [6.45, 7) is 4.60. The van der Waals surface area contributed by atoms with Crippen molar-refractivity contribution in [1.29, 1.82) is 0 Å². The van der Waals surface area contributed by atoms with Crippen molar-refractivity contribution in [3.8, 4) is 78.7 Å². The molecule has 65 heavy (non-hydrogen) atoms. The van der Waals surface area contributed by atoms with E-state index in [2.05, 4.69) is 170 Å². The molecule has 8 aromatic carbocycles. The predicted octanol–water partition coefficient (Wildman–Crippen LogP) is 15.4. The lowest BCUT2D eigenvalue weighted by Gasteiger charge is -2.21. The molecule has 0 N–H and O–H groups in total. The molecule has 1 aliphatic carbocycles. The molecule has 0 saturated carbocycles. The van der Waals surface area contributed by atoms with Gasteiger partial charge in [0.25, 0.3) is 0 Å². The van der Waals surface area contributed by atoms with Crippen LogP contribution >= 0.6 is 0 Å². The van der Waals surface area contributed by atoms with Gasteiger partial charge in [0.15, 0.2) is 17.5 Å². The van der Waals surface area contributed by atoms with Gasteiger partial charge in [-0.3, -0.25) is 4.98 Å². The van der Waals surface area contributed by atoms with E-state index < -0.39 is 0 Å². The van der Waals surface area contributed by atoms with Crippen LogP contribution in [0.3, 0.4) is 0 Å². The van der Waals surface area contributed by atoms with Gasteiger partial charge in [0.2, 0.25) is 0 Å². The van der Waals surface area contributed by atoms with Gasteiger partial charge < -0.3 is 8.83 Å². The lowest BCUT2D eigenvalue weighted by Crippen LogP contribution is -2.14. The van der Waals surface area contributed by atoms with E-state index in [4.69, 9.17) is 23.8 Å². The number of benzene rings is 8. The van der Waals surface area contributed by atoms with E-state index in [0.29, 0.717) is 17.5 Å². The fourth-order valence-corrected chi connectivity index (χ4v) is 9.98. The van der Waals surface area contributed by atoms with Crippen molar-refractivity contribution in [3.63, 3.8) is 0 Å². The Bertz CT molecular complexity index is 3730. The Balaban J connectivity index is 1.05. The molecule has 0 atom stereocenters. The molecule has 1 aliphatic rings.